The first-order chi connectivity index (χ1) is 8.13. The van der Waals surface area contributed by atoms with Gasteiger partial charge in [0.05, 0.1) is 0 Å². The van der Waals surface area contributed by atoms with Gasteiger partial charge in [-0.25, -0.2) is 0 Å². The summed E-state index contributed by atoms with van der Waals surface area (Å²) in [4.78, 5) is 22.9. The molecule has 1 aromatic heterocycles. The van der Waals surface area contributed by atoms with Crippen molar-refractivity contribution in [2.24, 2.45) is 5.73 Å². The molecular formula is C11H17N3O2S. The Morgan fingerprint density at radius 1 is 1.53 bits per heavy atom. The van der Waals surface area contributed by atoms with Crippen LogP contribution in [0.1, 0.15) is 23.7 Å². The van der Waals surface area contributed by atoms with E-state index in [0.717, 1.165) is 0 Å². The Morgan fingerprint density at radius 2 is 2.29 bits per heavy atom. The van der Waals surface area contributed by atoms with Gasteiger partial charge in [0.1, 0.15) is 0 Å². The minimum Gasteiger partial charge on any atom is -0.352 e. The summed E-state index contributed by atoms with van der Waals surface area (Å²) in [6, 6.07) is 1.71. The van der Waals surface area contributed by atoms with Gasteiger partial charge in [0.25, 0.3) is 5.91 Å². The first-order valence-corrected chi connectivity index (χ1v) is 6.37. The summed E-state index contributed by atoms with van der Waals surface area (Å²) in [6.07, 6.45) is 0.264. The van der Waals surface area contributed by atoms with E-state index < -0.39 is 0 Å². The summed E-state index contributed by atoms with van der Waals surface area (Å²) in [5.41, 5.74) is 6.01. The van der Waals surface area contributed by atoms with Gasteiger partial charge in [0, 0.05) is 36.5 Å². The quantitative estimate of drug-likeness (QED) is 0.685. The highest BCUT2D eigenvalue weighted by atomic mass is 32.1. The van der Waals surface area contributed by atoms with Crippen molar-refractivity contribution in [3.05, 3.63) is 22.4 Å². The van der Waals surface area contributed by atoms with Gasteiger partial charge in [-0.05, 0) is 18.4 Å². The van der Waals surface area contributed by atoms with E-state index in [2.05, 4.69) is 10.6 Å². The fourth-order valence-corrected chi connectivity index (χ4v) is 1.83. The first kappa shape index (κ1) is 13.7. The van der Waals surface area contributed by atoms with E-state index in [0.29, 0.717) is 18.7 Å². The minimum atomic E-state index is -0.147. The van der Waals surface area contributed by atoms with E-state index in [-0.39, 0.29) is 24.3 Å². The largest absolute Gasteiger partial charge is 0.352 e. The molecule has 6 heteroatoms. The molecule has 4 N–H and O–H groups in total. The number of hydrogen-bond donors (Lipinski definition) is 3. The number of carbonyl (C=O) groups excluding carboxylic acids is 2. The molecule has 5 nitrogen and oxygen atoms in total. The van der Waals surface area contributed by atoms with Gasteiger partial charge in [-0.1, -0.05) is 0 Å². The van der Waals surface area contributed by atoms with Crippen molar-refractivity contribution in [3.8, 4) is 0 Å². The number of nitrogens with one attached hydrogen (secondary N) is 2. The molecule has 0 aromatic carbocycles. The molecule has 0 spiro atoms. The topological polar surface area (TPSA) is 84.2 Å². The van der Waals surface area contributed by atoms with Gasteiger partial charge in [-0.3, -0.25) is 9.59 Å². The molecule has 1 aromatic rings. The molecule has 0 unspecified atom stereocenters. The van der Waals surface area contributed by atoms with E-state index in [4.69, 9.17) is 5.73 Å². The van der Waals surface area contributed by atoms with Gasteiger partial charge < -0.3 is 16.4 Å². The van der Waals surface area contributed by atoms with Crippen molar-refractivity contribution in [2.75, 3.05) is 13.1 Å². The third-order valence-electron chi connectivity index (χ3n) is 2.18. The van der Waals surface area contributed by atoms with Crippen molar-refractivity contribution in [1.29, 1.82) is 0 Å². The van der Waals surface area contributed by atoms with Crippen LogP contribution in [0.4, 0.5) is 0 Å². The lowest BCUT2D eigenvalue weighted by Gasteiger charge is -2.11. The fraction of sp³-hybridized carbons (Fsp3) is 0.455. The van der Waals surface area contributed by atoms with Crippen molar-refractivity contribution in [3.63, 3.8) is 0 Å². The lowest BCUT2D eigenvalue weighted by atomic mass is 10.3. The summed E-state index contributed by atoms with van der Waals surface area (Å²) in [6.45, 7) is 2.58. The highest BCUT2D eigenvalue weighted by Crippen LogP contribution is 2.04. The van der Waals surface area contributed by atoms with Crippen LogP contribution in [0.25, 0.3) is 0 Å². The second kappa shape index (κ2) is 7.03. The second-order valence-electron chi connectivity index (χ2n) is 3.72. The molecular weight excluding hydrogens is 238 g/mol. The average Bonchev–Trinajstić information content (AvgIpc) is 2.82. The zero-order valence-corrected chi connectivity index (χ0v) is 10.5. The number of rotatable bonds is 6. The Balaban J connectivity index is 2.20. The number of thiophene rings is 1. The normalized spacial score (nSPS) is 11.9. The van der Waals surface area contributed by atoms with E-state index in [9.17, 15) is 9.59 Å². The van der Waals surface area contributed by atoms with Crippen LogP contribution in [0.3, 0.4) is 0 Å². The van der Waals surface area contributed by atoms with Crippen LogP contribution < -0.4 is 16.4 Å². The summed E-state index contributed by atoms with van der Waals surface area (Å²) < 4.78 is 0. The Morgan fingerprint density at radius 3 is 2.88 bits per heavy atom. The van der Waals surface area contributed by atoms with Gasteiger partial charge in [-0.15, -0.1) is 0 Å². The van der Waals surface area contributed by atoms with Gasteiger partial charge >= 0.3 is 0 Å². The van der Waals surface area contributed by atoms with Crippen LogP contribution in [0.2, 0.25) is 0 Å². The summed E-state index contributed by atoms with van der Waals surface area (Å²) in [5.74, 6) is -0.250. The number of nitrogens with two attached hydrogens (primary N) is 1. The fourth-order valence-electron chi connectivity index (χ4n) is 1.19. The van der Waals surface area contributed by atoms with Crippen LogP contribution in [0.15, 0.2) is 16.8 Å². The molecule has 0 radical (unpaired) electrons. The van der Waals surface area contributed by atoms with Gasteiger partial charge in [-0.2, -0.15) is 11.3 Å². The van der Waals surface area contributed by atoms with E-state index >= 15 is 0 Å². The third kappa shape index (κ3) is 4.97. The monoisotopic (exact) mass is 255 g/mol. The van der Waals surface area contributed by atoms with Crippen LogP contribution in [0, 0.1) is 0 Å². The molecule has 1 atom stereocenters. The van der Waals surface area contributed by atoms with Crippen LogP contribution in [-0.2, 0) is 4.79 Å². The Bertz CT molecular complexity index is 365. The molecule has 0 aliphatic rings. The lowest BCUT2D eigenvalue weighted by molar-refractivity contribution is -0.121. The maximum atomic E-state index is 11.5. The third-order valence-corrected chi connectivity index (χ3v) is 2.87. The molecule has 0 bridgehead atoms. The first-order valence-electron chi connectivity index (χ1n) is 5.43. The Kier molecular flexibility index (Phi) is 5.65. The van der Waals surface area contributed by atoms with Crippen LogP contribution in [0.5, 0.6) is 0 Å². The molecule has 2 amide bonds. The molecule has 0 fully saturated rings. The minimum absolute atomic E-state index is 0.0323. The number of hydrogen-bond acceptors (Lipinski definition) is 4. The second-order valence-corrected chi connectivity index (χ2v) is 4.50. The van der Waals surface area contributed by atoms with Crippen molar-refractivity contribution >= 4 is 23.2 Å². The number of carbonyl (C=O) groups is 2. The SMILES string of the molecule is C[C@@H](CN)NC(=O)CCNC(=O)c1ccsc1. The van der Waals surface area contributed by atoms with Crippen molar-refractivity contribution in [2.45, 2.75) is 19.4 Å². The van der Waals surface area contributed by atoms with Crippen molar-refractivity contribution in [1.82, 2.24) is 10.6 Å². The maximum absolute atomic E-state index is 11.5. The predicted octanol–water partition coefficient (Wildman–Crippen LogP) is 0.331. The van der Waals surface area contributed by atoms with Gasteiger partial charge in [0.15, 0.2) is 0 Å². The van der Waals surface area contributed by atoms with Crippen molar-refractivity contribution < 1.29 is 9.59 Å². The van der Waals surface area contributed by atoms with E-state index in [1.807, 2.05) is 12.3 Å². The zero-order chi connectivity index (χ0) is 12.7. The highest BCUT2D eigenvalue weighted by Gasteiger charge is 2.08. The Labute approximate surface area is 104 Å². The van der Waals surface area contributed by atoms with Crippen LogP contribution >= 0.6 is 11.3 Å². The highest BCUT2D eigenvalue weighted by molar-refractivity contribution is 7.08. The molecule has 0 aliphatic carbocycles. The van der Waals surface area contributed by atoms with Gasteiger partial charge in [0.2, 0.25) is 5.91 Å². The summed E-state index contributed by atoms with van der Waals surface area (Å²) >= 11 is 1.47. The lowest BCUT2D eigenvalue weighted by Crippen LogP contribution is -2.39. The molecule has 1 heterocycles. The predicted molar refractivity (Wildman–Crippen MR) is 67.9 cm³/mol. The molecule has 0 aliphatic heterocycles. The smallest absolute Gasteiger partial charge is 0.252 e. The zero-order valence-electron chi connectivity index (χ0n) is 9.73. The standard InChI is InChI=1S/C11H17N3O2S/c1-8(6-12)14-10(15)2-4-13-11(16)9-3-5-17-7-9/h3,5,7-8H,2,4,6,12H2,1H3,(H,13,16)(H,14,15)/t8-/m0/s1. The van der Waals surface area contributed by atoms with Crippen LogP contribution in [-0.4, -0.2) is 30.9 Å². The molecule has 1 rings (SSSR count). The molecule has 17 heavy (non-hydrogen) atoms. The molecule has 94 valence electrons. The average molecular weight is 255 g/mol. The molecule has 0 saturated heterocycles. The summed E-state index contributed by atoms with van der Waals surface area (Å²) in [7, 11) is 0. The summed E-state index contributed by atoms with van der Waals surface area (Å²) in [5, 5.41) is 9.02. The molecule has 0 saturated carbocycles. The maximum Gasteiger partial charge on any atom is 0.252 e. The van der Waals surface area contributed by atoms with E-state index in [1.165, 1.54) is 11.3 Å². The van der Waals surface area contributed by atoms with E-state index in [1.54, 1.807) is 11.4 Å². The number of amides is 2. The Hall–Kier alpha value is -1.40.